The summed E-state index contributed by atoms with van der Waals surface area (Å²) in [6, 6.07) is 8.34. The molecule has 122 valence electrons. The predicted octanol–water partition coefficient (Wildman–Crippen LogP) is 4.63. The van der Waals surface area contributed by atoms with Gasteiger partial charge in [0, 0.05) is 24.5 Å². The summed E-state index contributed by atoms with van der Waals surface area (Å²) in [6.07, 6.45) is 2.85. The summed E-state index contributed by atoms with van der Waals surface area (Å²) in [4.78, 5) is 15.9. The van der Waals surface area contributed by atoms with Gasteiger partial charge in [0.15, 0.2) is 12.2 Å². The Labute approximate surface area is 141 Å². The Balaban J connectivity index is 1.71. The molecule has 1 heterocycles. The minimum Gasteiger partial charge on any atom is -0.443 e. The molecule has 0 N–H and O–H groups in total. The lowest BCUT2D eigenvalue weighted by molar-refractivity contribution is -0.117. The fraction of sp³-hybridized carbons (Fsp3) is 0.111. The van der Waals surface area contributed by atoms with Crippen molar-refractivity contribution in [3.05, 3.63) is 76.8 Å². The fourth-order valence-electron chi connectivity index (χ4n) is 2.38. The first kappa shape index (κ1) is 16.3. The van der Waals surface area contributed by atoms with Gasteiger partial charge in [-0.05, 0) is 29.3 Å². The monoisotopic (exact) mass is 347 g/mol. The molecular formula is C18H12ClF2NO2. The molecule has 0 aliphatic heterocycles. The van der Waals surface area contributed by atoms with Crippen LogP contribution in [0.15, 0.2) is 53.4 Å². The second-order valence-electron chi connectivity index (χ2n) is 5.31. The minimum absolute atomic E-state index is 0.104. The highest BCUT2D eigenvalue weighted by molar-refractivity contribution is 6.33. The molecule has 3 aromatic rings. The zero-order valence-corrected chi connectivity index (χ0v) is 13.2. The summed E-state index contributed by atoms with van der Waals surface area (Å²) in [7, 11) is 0. The van der Waals surface area contributed by atoms with Crippen molar-refractivity contribution in [2.75, 3.05) is 0 Å². The van der Waals surface area contributed by atoms with Crippen LogP contribution in [0.3, 0.4) is 0 Å². The van der Waals surface area contributed by atoms with Gasteiger partial charge in [0.2, 0.25) is 0 Å². The molecule has 0 fully saturated rings. The lowest BCUT2D eigenvalue weighted by Crippen LogP contribution is -2.08. The SMILES string of the molecule is O=C(Cc1ccc(-c2cnco2)c(Cl)c1)Cc1ccc(F)cc1F. The van der Waals surface area contributed by atoms with E-state index in [9.17, 15) is 13.6 Å². The van der Waals surface area contributed by atoms with Crippen molar-refractivity contribution in [2.45, 2.75) is 12.8 Å². The van der Waals surface area contributed by atoms with Crippen LogP contribution in [0.5, 0.6) is 0 Å². The highest BCUT2D eigenvalue weighted by Crippen LogP contribution is 2.28. The molecule has 0 amide bonds. The zero-order chi connectivity index (χ0) is 17.1. The van der Waals surface area contributed by atoms with Gasteiger partial charge in [0.25, 0.3) is 0 Å². The second kappa shape index (κ2) is 6.93. The molecule has 0 radical (unpaired) electrons. The van der Waals surface area contributed by atoms with Gasteiger partial charge in [-0.1, -0.05) is 23.7 Å². The number of ketones is 1. The van der Waals surface area contributed by atoms with Gasteiger partial charge >= 0.3 is 0 Å². The number of hydrogen-bond donors (Lipinski definition) is 0. The third-order valence-electron chi connectivity index (χ3n) is 3.54. The summed E-state index contributed by atoms with van der Waals surface area (Å²) >= 11 is 6.21. The number of aromatic nitrogens is 1. The van der Waals surface area contributed by atoms with Gasteiger partial charge in [-0.3, -0.25) is 4.79 Å². The fourth-order valence-corrected chi connectivity index (χ4v) is 2.68. The molecular weight excluding hydrogens is 336 g/mol. The summed E-state index contributed by atoms with van der Waals surface area (Å²) < 4.78 is 31.7. The van der Waals surface area contributed by atoms with Crippen molar-refractivity contribution in [3.8, 4) is 11.3 Å². The Morgan fingerprint density at radius 2 is 1.96 bits per heavy atom. The summed E-state index contributed by atoms with van der Waals surface area (Å²) in [6.45, 7) is 0. The van der Waals surface area contributed by atoms with Crippen molar-refractivity contribution in [2.24, 2.45) is 0 Å². The van der Waals surface area contributed by atoms with Crippen LogP contribution in [0.1, 0.15) is 11.1 Å². The zero-order valence-electron chi connectivity index (χ0n) is 12.4. The molecule has 0 saturated carbocycles. The molecule has 3 nitrogen and oxygen atoms in total. The number of carbonyl (C=O) groups is 1. The van der Waals surface area contributed by atoms with Gasteiger partial charge in [-0.15, -0.1) is 0 Å². The van der Waals surface area contributed by atoms with Gasteiger partial charge in [-0.25, -0.2) is 13.8 Å². The first-order valence-corrected chi connectivity index (χ1v) is 7.53. The molecule has 0 aliphatic carbocycles. The number of oxazole rings is 1. The highest BCUT2D eigenvalue weighted by atomic mass is 35.5. The van der Waals surface area contributed by atoms with Crippen LogP contribution in [-0.2, 0) is 17.6 Å². The molecule has 24 heavy (non-hydrogen) atoms. The van der Waals surface area contributed by atoms with Crippen LogP contribution >= 0.6 is 11.6 Å². The Kier molecular flexibility index (Phi) is 4.71. The van der Waals surface area contributed by atoms with Crippen molar-refractivity contribution >= 4 is 17.4 Å². The third kappa shape index (κ3) is 3.68. The lowest BCUT2D eigenvalue weighted by atomic mass is 10.0. The smallest absolute Gasteiger partial charge is 0.181 e. The molecule has 0 spiro atoms. The van der Waals surface area contributed by atoms with E-state index >= 15 is 0 Å². The molecule has 2 aromatic carbocycles. The number of hydrogen-bond acceptors (Lipinski definition) is 3. The normalized spacial score (nSPS) is 10.8. The van der Waals surface area contributed by atoms with E-state index in [1.807, 2.05) is 0 Å². The van der Waals surface area contributed by atoms with Gasteiger partial charge in [0.1, 0.15) is 17.4 Å². The van der Waals surface area contributed by atoms with Crippen LogP contribution in [-0.4, -0.2) is 10.8 Å². The first-order valence-electron chi connectivity index (χ1n) is 7.16. The number of benzene rings is 2. The maximum Gasteiger partial charge on any atom is 0.181 e. The van der Waals surface area contributed by atoms with Crippen LogP contribution in [0, 0.1) is 11.6 Å². The Hall–Kier alpha value is -2.53. The number of rotatable bonds is 5. The van der Waals surface area contributed by atoms with E-state index in [1.165, 1.54) is 12.5 Å². The lowest BCUT2D eigenvalue weighted by Gasteiger charge is -2.06. The van der Waals surface area contributed by atoms with Crippen molar-refractivity contribution in [1.82, 2.24) is 4.98 Å². The Morgan fingerprint density at radius 3 is 2.62 bits per heavy atom. The van der Waals surface area contributed by atoms with Crippen LogP contribution in [0.25, 0.3) is 11.3 Å². The van der Waals surface area contributed by atoms with Crippen molar-refractivity contribution < 1.29 is 18.0 Å². The van der Waals surface area contributed by atoms with E-state index in [2.05, 4.69) is 4.98 Å². The van der Waals surface area contributed by atoms with E-state index in [0.29, 0.717) is 21.9 Å². The highest BCUT2D eigenvalue weighted by Gasteiger charge is 2.12. The summed E-state index contributed by atoms with van der Waals surface area (Å²) in [5.41, 5.74) is 1.55. The van der Waals surface area contributed by atoms with E-state index in [4.69, 9.17) is 16.0 Å². The average Bonchev–Trinajstić information content (AvgIpc) is 3.04. The molecule has 0 atom stereocenters. The van der Waals surface area contributed by atoms with E-state index in [0.717, 1.165) is 12.1 Å². The quantitative estimate of drug-likeness (QED) is 0.676. The third-order valence-corrected chi connectivity index (χ3v) is 3.85. The maximum absolute atomic E-state index is 13.6. The number of nitrogens with zero attached hydrogens (tertiary/aromatic N) is 1. The molecule has 6 heteroatoms. The average molecular weight is 348 g/mol. The Morgan fingerprint density at radius 1 is 1.12 bits per heavy atom. The molecule has 0 unspecified atom stereocenters. The van der Waals surface area contributed by atoms with Gasteiger partial charge < -0.3 is 4.42 Å². The van der Waals surface area contributed by atoms with Crippen LogP contribution in [0.4, 0.5) is 8.78 Å². The predicted molar refractivity (Wildman–Crippen MR) is 85.7 cm³/mol. The molecule has 0 saturated heterocycles. The molecule has 0 aliphatic rings. The van der Waals surface area contributed by atoms with Crippen LogP contribution in [0.2, 0.25) is 5.02 Å². The summed E-state index contributed by atoms with van der Waals surface area (Å²) in [5, 5.41) is 0.435. The van der Waals surface area contributed by atoms with E-state index in [1.54, 1.807) is 24.4 Å². The van der Waals surface area contributed by atoms with Crippen LogP contribution < -0.4 is 0 Å². The van der Waals surface area contributed by atoms with E-state index < -0.39 is 11.6 Å². The molecule has 0 bridgehead atoms. The van der Waals surface area contributed by atoms with E-state index in [-0.39, 0.29) is 24.2 Å². The number of carbonyl (C=O) groups excluding carboxylic acids is 1. The Bertz CT molecular complexity index is 879. The van der Waals surface area contributed by atoms with Gasteiger partial charge in [-0.2, -0.15) is 0 Å². The topological polar surface area (TPSA) is 43.1 Å². The number of halogens is 3. The van der Waals surface area contributed by atoms with Crippen molar-refractivity contribution in [3.63, 3.8) is 0 Å². The summed E-state index contributed by atoms with van der Waals surface area (Å²) in [5.74, 6) is -1.05. The second-order valence-corrected chi connectivity index (χ2v) is 5.72. The van der Waals surface area contributed by atoms with Crippen molar-refractivity contribution in [1.29, 1.82) is 0 Å². The minimum atomic E-state index is -0.720. The molecule has 1 aromatic heterocycles. The maximum atomic E-state index is 13.6. The number of Topliss-reactive ketones (excluding diaryl/α,β-unsaturated/α-hetero) is 1. The standard InChI is InChI=1S/C18H12ClF2NO2/c19-16-6-11(1-4-15(16)18-9-22-10-24-18)5-14(23)7-12-2-3-13(20)8-17(12)21/h1-4,6,8-10H,5,7H2. The van der Waals surface area contributed by atoms with Gasteiger partial charge in [0.05, 0.1) is 11.2 Å². The largest absolute Gasteiger partial charge is 0.443 e. The first-order chi connectivity index (χ1) is 11.5. The molecule has 3 rings (SSSR count).